The monoisotopic (exact) mass is 360 g/mol. The fraction of sp³-hybridized carbons (Fsp3) is 0.550. The molecule has 1 N–H and O–H groups in total. The maximum absolute atomic E-state index is 11.9. The number of carbonyl (C=O) groups is 1. The third-order valence-electron chi connectivity index (χ3n) is 4.54. The van der Waals surface area contributed by atoms with Crippen molar-refractivity contribution in [2.24, 2.45) is 0 Å². The Balaban J connectivity index is 2.13. The summed E-state index contributed by atoms with van der Waals surface area (Å²) in [5.41, 5.74) is 2.55. The highest BCUT2D eigenvalue weighted by Crippen LogP contribution is 2.28. The minimum absolute atomic E-state index is 0.167. The summed E-state index contributed by atoms with van der Waals surface area (Å²) >= 11 is 0. The number of unbranched alkanes of at least 4 members (excludes halogenated alkanes) is 2. The van der Waals surface area contributed by atoms with E-state index < -0.39 is 8.24 Å². The number of nitrogens with one attached hydrogen (secondary N) is 1. The largest absolute Gasteiger partial charge is 0.497 e. The molecular weight excluding hydrogens is 328 g/mol. The molecule has 1 amide bonds. The number of amides is 1. The molecule has 4 nitrogen and oxygen atoms in total. The maximum Gasteiger partial charge on any atom is 0.220 e. The normalized spacial score (nSPS) is 11.7. The molecule has 2 rings (SSSR count). The van der Waals surface area contributed by atoms with Crippen LogP contribution in [0.4, 0.5) is 0 Å². The SMILES string of the molecule is CCCCCC(=O)NCCc1cn([Si](C)(C)C)c2ccc(OC)cc12. The molecule has 0 aliphatic heterocycles. The van der Waals surface area contributed by atoms with Gasteiger partial charge in [-0.2, -0.15) is 0 Å². The van der Waals surface area contributed by atoms with E-state index >= 15 is 0 Å². The molecule has 1 aromatic heterocycles. The second-order valence-corrected chi connectivity index (χ2v) is 12.5. The second-order valence-electron chi connectivity index (χ2n) is 7.64. The van der Waals surface area contributed by atoms with Crippen molar-refractivity contribution in [1.82, 2.24) is 9.55 Å². The number of hydrogen-bond acceptors (Lipinski definition) is 2. The van der Waals surface area contributed by atoms with Crippen LogP contribution in [0.25, 0.3) is 10.9 Å². The maximum atomic E-state index is 11.9. The predicted octanol–water partition coefficient (Wildman–Crippen LogP) is 4.57. The van der Waals surface area contributed by atoms with Crippen molar-refractivity contribution in [1.29, 1.82) is 0 Å². The number of rotatable bonds is 9. The van der Waals surface area contributed by atoms with Gasteiger partial charge < -0.3 is 14.3 Å². The van der Waals surface area contributed by atoms with Gasteiger partial charge in [0.1, 0.15) is 5.75 Å². The van der Waals surface area contributed by atoms with Crippen LogP contribution in [0.1, 0.15) is 38.2 Å². The fourth-order valence-electron chi connectivity index (χ4n) is 3.12. The summed E-state index contributed by atoms with van der Waals surface area (Å²) in [6, 6.07) is 6.29. The first-order chi connectivity index (χ1) is 11.9. The zero-order chi connectivity index (χ0) is 18.4. The van der Waals surface area contributed by atoms with Crippen LogP contribution in [-0.2, 0) is 11.2 Å². The van der Waals surface area contributed by atoms with Gasteiger partial charge in [-0.05, 0) is 42.8 Å². The van der Waals surface area contributed by atoms with Gasteiger partial charge in [-0.15, -0.1) is 0 Å². The highest BCUT2D eigenvalue weighted by Gasteiger charge is 2.20. The van der Waals surface area contributed by atoms with E-state index in [1.54, 1.807) is 7.11 Å². The molecule has 0 spiro atoms. The molecule has 0 bridgehead atoms. The van der Waals surface area contributed by atoms with Crippen molar-refractivity contribution in [3.05, 3.63) is 30.0 Å². The van der Waals surface area contributed by atoms with Gasteiger partial charge in [0.2, 0.25) is 5.91 Å². The van der Waals surface area contributed by atoms with E-state index in [1.807, 2.05) is 6.07 Å². The molecule has 5 heteroatoms. The fourth-order valence-corrected chi connectivity index (χ4v) is 4.58. The van der Waals surface area contributed by atoms with Gasteiger partial charge in [0, 0.05) is 23.9 Å². The molecule has 0 aliphatic rings. The van der Waals surface area contributed by atoms with Crippen LogP contribution in [0.3, 0.4) is 0 Å². The number of carbonyl (C=O) groups excluding carboxylic acids is 1. The van der Waals surface area contributed by atoms with E-state index in [1.165, 1.54) is 16.5 Å². The molecule has 0 fully saturated rings. The zero-order valence-electron chi connectivity index (χ0n) is 16.3. The van der Waals surface area contributed by atoms with E-state index in [0.29, 0.717) is 13.0 Å². The molecular formula is C20H32N2O2Si. The van der Waals surface area contributed by atoms with Crippen LogP contribution in [0.5, 0.6) is 5.75 Å². The van der Waals surface area contributed by atoms with E-state index in [2.05, 4.69) is 54.4 Å². The Kier molecular flexibility index (Phi) is 6.70. The molecule has 1 aromatic carbocycles. The molecule has 25 heavy (non-hydrogen) atoms. The Labute approximate surface area is 152 Å². The summed E-state index contributed by atoms with van der Waals surface area (Å²) in [5.74, 6) is 1.05. The zero-order valence-corrected chi connectivity index (χ0v) is 17.3. The summed E-state index contributed by atoms with van der Waals surface area (Å²) in [6.07, 6.45) is 7.01. The van der Waals surface area contributed by atoms with Crippen LogP contribution >= 0.6 is 0 Å². The van der Waals surface area contributed by atoms with Crippen molar-refractivity contribution in [2.45, 2.75) is 58.7 Å². The standard InChI is InChI=1S/C20H32N2O2Si/c1-6-7-8-9-20(23)21-13-12-16-15-22(25(3,4)5)19-11-10-17(24-2)14-18(16)19/h10-11,14-15H,6-9,12-13H2,1-5H3,(H,21,23). The Hall–Kier alpha value is -1.75. The number of nitrogens with zero attached hydrogens (tertiary/aromatic N) is 1. The first-order valence-electron chi connectivity index (χ1n) is 9.32. The van der Waals surface area contributed by atoms with Crippen molar-refractivity contribution < 1.29 is 9.53 Å². The van der Waals surface area contributed by atoms with Crippen LogP contribution in [0.2, 0.25) is 19.6 Å². The van der Waals surface area contributed by atoms with Crippen molar-refractivity contribution in [3.63, 3.8) is 0 Å². The first kappa shape index (κ1) is 19.6. The molecule has 0 atom stereocenters. The third kappa shape index (κ3) is 5.11. The molecule has 0 radical (unpaired) electrons. The molecule has 138 valence electrons. The van der Waals surface area contributed by atoms with Crippen LogP contribution in [0, 0.1) is 0 Å². The number of hydrogen-bond donors (Lipinski definition) is 1. The Morgan fingerprint density at radius 3 is 2.64 bits per heavy atom. The van der Waals surface area contributed by atoms with Gasteiger partial charge >= 0.3 is 0 Å². The molecule has 0 unspecified atom stereocenters. The smallest absolute Gasteiger partial charge is 0.220 e. The Morgan fingerprint density at radius 1 is 1.24 bits per heavy atom. The van der Waals surface area contributed by atoms with Gasteiger partial charge in [0.15, 0.2) is 8.24 Å². The van der Waals surface area contributed by atoms with E-state index in [4.69, 9.17) is 4.74 Å². The Bertz CT molecular complexity index is 716. The lowest BCUT2D eigenvalue weighted by Crippen LogP contribution is -2.31. The third-order valence-corrected chi connectivity index (χ3v) is 6.36. The second kappa shape index (κ2) is 8.56. The quantitative estimate of drug-likeness (QED) is 0.526. The average Bonchev–Trinajstić information content (AvgIpc) is 2.93. The van der Waals surface area contributed by atoms with E-state index in [-0.39, 0.29) is 5.91 Å². The summed E-state index contributed by atoms with van der Waals surface area (Å²) in [6.45, 7) is 9.87. The van der Waals surface area contributed by atoms with Crippen LogP contribution < -0.4 is 10.1 Å². The first-order valence-corrected chi connectivity index (χ1v) is 12.8. The van der Waals surface area contributed by atoms with Gasteiger partial charge in [-0.3, -0.25) is 4.79 Å². The van der Waals surface area contributed by atoms with Crippen molar-refractivity contribution >= 4 is 25.0 Å². The molecule has 0 saturated heterocycles. The highest BCUT2D eigenvalue weighted by atomic mass is 28.3. The van der Waals surface area contributed by atoms with Crippen LogP contribution in [-0.4, -0.2) is 32.0 Å². The van der Waals surface area contributed by atoms with Gasteiger partial charge in [0.05, 0.1) is 7.11 Å². The summed E-state index contributed by atoms with van der Waals surface area (Å²) < 4.78 is 7.85. The predicted molar refractivity (Wildman–Crippen MR) is 108 cm³/mol. The number of aromatic nitrogens is 1. The molecule has 0 aliphatic carbocycles. The highest BCUT2D eigenvalue weighted by molar-refractivity contribution is 6.75. The van der Waals surface area contributed by atoms with Crippen molar-refractivity contribution in [2.75, 3.05) is 13.7 Å². The molecule has 0 saturated carbocycles. The lowest BCUT2D eigenvalue weighted by Gasteiger charge is -2.20. The lowest BCUT2D eigenvalue weighted by molar-refractivity contribution is -0.121. The number of benzene rings is 1. The number of methoxy groups -OCH3 is 1. The topological polar surface area (TPSA) is 43.3 Å². The summed E-state index contributed by atoms with van der Waals surface area (Å²) in [4.78, 5) is 11.9. The van der Waals surface area contributed by atoms with Crippen molar-refractivity contribution in [3.8, 4) is 5.75 Å². The summed E-state index contributed by atoms with van der Waals surface area (Å²) in [7, 11) is 0.202. The Morgan fingerprint density at radius 2 is 2.00 bits per heavy atom. The van der Waals surface area contributed by atoms with Crippen LogP contribution in [0.15, 0.2) is 24.4 Å². The van der Waals surface area contributed by atoms with Gasteiger partial charge in [-0.1, -0.05) is 39.4 Å². The minimum atomic E-state index is -1.50. The lowest BCUT2D eigenvalue weighted by atomic mass is 10.1. The average molecular weight is 361 g/mol. The van der Waals surface area contributed by atoms with E-state index in [9.17, 15) is 4.79 Å². The molecule has 2 aromatic rings. The van der Waals surface area contributed by atoms with E-state index in [0.717, 1.165) is 31.4 Å². The van der Waals surface area contributed by atoms with Gasteiger partial charge in [0.25, 0.3) is 0 Å². The number of ether oxygens (including phenoxy) is 1. The minimum Gasteiger partial charge on any atom is -0.497 e. The summed E-state index contributed by atoms with van der Waals surface area (Å²) in [5, 5.41) is 4.30. The number of fused-ring (bicyclic) bond motifs is 1. The molecule has 1 heterocycles. The van der Waals surface area contributed by atoms with Gasteiger partial charge in [-0.25, -0.2) is 0 Å².